The fraction of sp³-hybridized carbons (Fsp3) is 0.536. The Hall–Kier alpha value is -2.37. The summed E-state index contributed by atoms with van der Waals surface area (Å²) in [6.45, 7) is 13.4. The highest BCUT2D eigenvalue weighted by atomic mass is 16.3. The predicted octanol–water partition coefficient (Wildman–Crippen LogP) is 5.16. The van der Waals surface area contributed by atoms with Gasteiger partial charge in [0.2, 0.25) is 0 Å². The number of aryl methyl sites for hydroxylation is 2. The van der Waals surface area contributed by atoms with Gasteiger partial charge in [-0.3, -0.25) is 4.79 Å². The SMILES string of the molecule is Cc1cc(-c2[nH]c3ccc(C4CCN(CC(O)C(C)C)CC4)cc3c2C(C)C)cn(C)c1=O. The van der Waals surface area contributed by atoms with Crippen molar-refractivity contribution in [2.24, 2.45) is 13.0 Å². The van der Waals surface area contributed by atoms with Crippen molar-refractivity contribution >= 4 is 10.9 Å². The van der Waals surface area contributed by atoms with E-state index in [1.165, 1.54) is 16.5 Å². The van der Waals surface area contributed by atoms with Gasteiger partial charge in [-0.25, -0.2) is 0 Å². The van der Waals surface area contributed by atoms with Gasteiger partial charge in [-0.1, -0.05) is 33.8 Å². The molecule has 0 aliphatic carbocycles. The minimum atomic E-state index is -0.245. The second-order valence-electron chi connectivity index (χ2n) is 10.6. The molecule has 33 heavy (non-hydrogen) atoms. The van der Waals surface area contributed by atoms with Gasteiger partial charge in [0.15, 0.2) is 0 Å². The first-order valence-electron chi connectivity index (χ1n) is 12.4. The monoisotopic (exact) mass is 449 g/mol. The van der Waals surface area contributed by atoms with Crippen molar-refractivity contribution in [3.05, 3.63) is 57.5 Å². The number of piperidine rings is 1. The van der Waals surface area contributed by atoms with Crippen LogP contribution in [0.2, 0.25) is 0 Å². The van der Waals surface area contributed by atoms with E-state index in [0.717, 1.165) is 54.8 Å². The van der Waals surface area contributed by atoms with Gasteiger partial charge in [0.1, 0.15) is 0 Å². The van der Waals surface area contributed by atoms with Crippen LogP contribution in [0.25, 0.3) is 22.2 Å². The van der Waals surface area contributed by atoms with Crippen LogP contribution in [-0.2, 0) is 7.05 Å². The summed E-state index contributed by atoms with van der Waals surface area (Å²) >= 11 is 0. The molecule has 1 atom stereocenters. The van der Waals surface area contributed by atoms with E-state index in [2.05, 4.69) is 55.8 Å². The molecule has 5 nitrogen and oxygen atoms in total. The number of aliphatic hydroxyl groups is 1. The molecule has 0 saturated carbocycles. The Bertz CT molecular complexity index is 1150. The number of hydrogen-bond acceptors (Lipinski definition) is 3. The fourth-order valence-electron chi connectivity index (χ4n) is 5.25. The van der Waals surface area contributed by atoms with Gasteiger partial charge in [-0.2, -0.15) is 0 Å². The van der Waals surface area contributed by atoms with Crippen LogP contribution in [0.1, 0.15) is 69.1 Å². The first kappa shape index (κ1) is 23.8. The number of aromatic amines is 1. The quantitative estimate of drug-likeness (QED) is 0.546. The Morgan fingerprint density at radius 1 is 1.12 bits per heavy atom. The smallest absolute Gasteiger partial charge is 0.253 e. The predicted molar refractivity (Wildman–Crippen MR) is 137 cm³/mol. The molecule has 178 valence electrons. The zero-order valence-corrected chi connectivity index (χ0v) is 21.0. The van der Waals surface area contributed by atoms with Gasteiger partial charge in [-0.15, -0.1) is 0 Å². The average molecular weight is 450 g/mol. The average Bonchev–Trinajstić information content (AvgIpc) is 3.16. The molecule has 1 aliphatic heterocycles. The maximum Gasteiger partial charge on any atom is 0.253 e. The molecule has 1 aromatic carbocycles. The Balaban J connectivity index is 1.63. The van der Waals surface area contributed by atoms with Crippen LogP contribution in [0, 0.1) is 12.8 Å². The molecule has 0 amide bonds. The first-order chi connectivity index (χ1) is 15.7. The summed E-state index contributed by atoms with van der Waals surface area (Å²) in [6, 6.07) is 8.90. The van der Waals surface area contributed by atoms with E-state index in [-0.39, 0.29) is 11.7 Å². The topological polar surface area (TPSA) is 61.3 Å². The van der Waals surface area contributed by atoms with E-state index in [1.54, 1.807) is 4.57 Å². The lowest BCUT2D eigenvalue weighted by atomic mass is 9.87. The van der Waals surface area contributed by atoms with E-state index in [1.807, 2.05) is 26.2 Å². The molecule has 1 unspecified atom stereocenters. The molecule has 0 bridgehead atoms. The van der Waals surface area contributed by atoms with E-state index >= 15 is 0 Å². The maximum atomic E-state index is 12.2. The van der Waals surface area contributed by atoms with Crippen LogP contribution in [0.5, 0.6) is 0 Å². The summed E-state index contributed by atoms with van der Waals surface area (Å²) in [5.41, 5.74) is 6.88. The van der Waals surface area contributed by atoms with Gasteiger partial charge >= 0.3 is 0 Å². The van der Waals surface area contributed by atoms with Crippen LogP contribution in [0.15, 0.2) is 35.3 Å². The Morgan fingerprint density at radius 2 is 1.82 bits per heavy atom. The summed E-state index contributed by atoms with van der Waals surface area (Å²) in [5.74, 6) is 1.22. The number of nitrogens with one attached hydrogen (secondary N) is 1. The largest absolute Gasteiger partial charge is 0.392 e. The molecule has 1 saturated heterocycles. The third kappa shape index (κ3) is 4.80. The Morgan fingerprint density at radius 3 is 2.42 bits per heavy atom. The molecule has 2 aromatic heterocycles. The van der Waals surface area contributed by atoms with E-state index < -0.39 is 0 Å². The molecular weight excluding hydrogens is 410 g/mol. The second kappa shape index (κ2) is 9.47. The molecular formula is C28H39N3O2. The lowest BCUT2D eigenvalue weighted by molar-refractivity contribution is 0.0657. The lowest BCUT2D eigenvalue weighted by Gasteiger charge is -2.34. The number of likely N-dealkylation sites (tertiary alicyclic amines) is 1. The van der Waals surface area contributed by atoms with Crippen molar-refractivity contribution in [2.75, 3.05) is 19.6 Å². The molecule has 0 spiro atoms. The minimum absolute atomic E-state index is 0.0514. The number of H-pyrrole nitrogens is 1. The van der Waals surface area contributed by atoms with Crippen LogP contribution in [-0.4, -0.2) is 45.3 Å². The van der Waals surface area contributed by atoms with Gasteiger partial charge in [0.05, 0.1) is 11.8 Å². The normalized spacial score (nSPS) is 16.9. The summed E-state index contributed by atoms with van der Waals surface area (Å²) in [7, 11) is 1.82. The molecule has 2 N–H and O–H groups in total. The highest BCUT2D eigenvalue weighted by Crippen LogP contribution is 2.38. The number of hydrogen-bond donors (Lipinski definition) is 2. The summed E-state index contributed by atoms with van der Waals surface area (Å²) in [4.78, 5) is 18.3. The zero-order chi connectivity index (χ0) is 23.9. The molecule has 3 aromatic rings. The number of rotatable bonds is 6. The number of fused-ring (bicyclic) bond motifs is 1. The zero-order valence-electron chi connectivity index (χ0n) is 21.0. The molecule has 5 heteroatoms. The lowest BCUT2D eigenvalue weighted by Crippen LogP contribution is -2.40. The molecule has 0 radical (unpaired) electrons. The molecule has 3 heterocycles. The van der Waals surface area contributed by atoms with Crippen molar-refractivity contribution in [3.8, 4) is 11.3 Å². The third-order valence-corrected chi connectivity index (χ3v) is 7.37. The van der Waals surface area contributed by atoms with Crippen molar-refractivity contribution in [3.63, 3.8) is 0 Å². The van der Waals surface area contributed by atoms with Crippen molar-refractivity contribution in [2.45, 2.75) is 65.4 Å². The Kier molecular flexibility index (Phi) is 6.83. The van der Waals surface area contributed by atoms with E-state index in [0.29, 0.717) is 17.8 Å². The molecule has 4 rings (SSSR count). The first-order valence-corrected chi connectivity index (χ1v) is 12.4. The van der Waals surface area contributed by atoms with Gasteiger partial charge in [-0.05, 0) is 79.9 Å². The van der Waals surface area contributed by atoms with Crippen molar-refractivity contribution in [1.82, 2.24) is 14.5 Å². The van der Waals surface area contributed by atoms with Crippen LogP contribution < -0.4 is 5.56 Å². The van der Waals surface area contributed by atoms with Gasteiger partial charge in [0.25, 0.3) is 5.56 Å². The van der Waals surface area contributed by atoms with E-state index in [4.69, 9.17) is 0 Å². The van der Waals surface area contributed by atoms with E-state index in [9.17, 15) is 9.90 Å². The highest BCUT2D eigenvalue weighted by Gasteiger charge is 2.24. The van der Waals surface area contributed by atoms with Crippen LogP contribution in [0.3, 0.4) is 0 Å². The van der Waals surface area contributed by atoms with Crippen molar-refractivity contribution < 1.29 is 5.11 Å². The van der Waals surface area contributed by atoms with Crippen molar-refractivity contribution in [1.29, 1.82) is 0 Å². The number of aliphatic hydroxyl groups excluding tert-OH is 1. The number of benzene rings is 1. The summed E-state index contributed by atoms with van der Waals surface area (Å²) < 4.78 is 1.68. The molecule has 1 aliphatic rings. The van der Waals surface area contributed by atoms with Gasteiger partial charge < -0.3 is 19.6 Å². The maximum absolute atomic E-state index is 12.2. The number of pyridine rings is 1. The number of aromatic nitrogens is 2. The standard InChI is InChI=1S/C28H39N3O2/c1-17(2)25(32)16-31-11-9-20(10-12-31)21-7-8-24-23(14-21)26(18(3)4)27(29-24)22-13-19(5)28(33)30(6)15-22/h7-8,13-15,17-18,20,25,29,32H,9-12,16H2,1-6H3. The summed E-state index contributed by atoms with van der Waals surface area (Å²) in [5, 5.41) is 11.5. The molecule has 1 fully saturated rings. The fourth-order valence-corrected chi connectivity index (χ4v) is 5.25. The Labute approximate surface area is 197 Å². The second-order valence-corrected chi connectivity index (χ2v) is 10.6. The van der Waals surface area contributed by atoms with Gasteiger partial charge in [0, 0.05) is 41.8 Å². The number of nitrogens with zero attached hydrogens (tertiary/aromatic N) is 2. The third-order valence-electron chi connectivity index (χ3n) is 7.37. The highest BCUT2D eigenvalue weighted by molar-refractivity contribution is 5.92. The van der Waals surface area contributed by atoms with Crippen LogP contribution in [0.4, 0.5) is 0 Å². The van der Waals surface area contributed by atoms with Crippen LogP contribution >= 0.6 is 0 Å². The minimum Gasteiger partial charge on any atom is -0.392 e. The summed E-state index contributed by atoms with van der Waals surface area (Å²) in [6.07, 6.45) is 3.95. The number of β-amino-alcohol motifs (C(OH)–C–C–N with tert-alkyl or cyclic N) is 1.